The zero-order chi connectivity index (χ0) is 14.7. The van der Waals surface area contributed by atoms with E-state index in [0.717, 1.165) is 24.2 Å². The number of hydrogen-bond acceptors (Lipinski definition) is 2. The van der Waals surface area contributed by atoms with E-state index in [-0.39, 0.29) is 5.41 Å². The standard InChI is InChI=1S/C19H19NO/c1-2-21-18-10-8-17(9-11-18)19(14-20)12-16(13-19)15-6-4-3-5-7-15/h3-11,16H,2,12-13H2,1H3. The van der Waals surface area contributed by atoms with Crippen LogP contribution in [0.4, 0.5) is 0 Å². The molecular formula is C19H19NO. The number of hydrogen-bond donors (Lipinski definition) is 0. The van der Waals surface area contributed by atoms with Crippen LogP contribution < -0.4 is 4.74 Å². The maximum atomic E-state index is 9.65. The zero-order valence-corrected chi connectivity index (χ0v) is 12.3. The van der Waals surface area contributed by atoms with Crippen molar-refractivity contribution >= 4 is 0 Å². The molecule has 0 aromatic heterocycles. The van der Waals surface area contributed by atoms with E-state index in [1.807, 2.05) is 37.3 Å². The number of nitrogens with zero attached hydrogens (tertiary/aromatic N) is 1. The van der Waals surface area contributed by atoms with Crippen LogP contribution in [0, 0.1) is 11.3 Å². The summed E-state index contributed by atoms with van der Waals surface area (Å²) < 4.78 is 5.47. The van der Waals surface area contributed by atoms with Crippen LogP contribution in [0.15, 0.2) is 54.6 Å². The van der Waals surface area contributed by atoms with E-state index in [1.165, 1.54) is 5.56 Å². The quantitative estimate of drug-likeness (QED) is 0.828. The number of ether oxygens (including phenoxy) is 1. The van der Waals surface area contributed by atoms with Gasteiger partial charge in [-0.15, -0.1) is 0 Å². The molecular weight excluding hydrogens is 258 g/mol. The van der Waals surface area contributed by atoms with Gasteiger partial charge in [0.25, 0.3) is 0 Å². The summed E-state index contributed by atoms with van der Waals surface area (Å²) >= 11 is 0. The molecule has 0 atom stereocenters. The van der Waals surface area contributed by atoms with E-state index in [0.29, 0.717) is 12.5 Å². The molecule has 1 aliphatic carbocycles. The predicted molar refractivity (Wildman–Crippen MR) is 83.3 cm³/mol. The summed E-state index contributed by atoms with van der Waals surface area (Å²) in [7, 11) is 0. The Balaban J connectivity index is 1.76. The average Bonchev–Trinajstić information content (AvgIpc) is 2.50. The fraction of sp³-hybridized carbons (Fsp3) is 0.316. The van der Waals surface area contributed by atoms with E-state index >= 15 is 0 Å². The molecule has 1 aliphatic rings. The van der Waals surface area contributed by atoms with Crippen LogP contribution in [0.25, 0.3) is 0 Å². The minimum absolute atomic E-state index is 0.328. The summed E-state index contributed by atoms with van der Waals surface area (Å²) in [6.45, 7) is 2.64. The van der Waals surface area contributed by atoms with Gasteiger partial charge in [-0.05, 0) is 48.9 Å². The van der Waals surface area contributed by atoms with Crippen molar-refractivity contribution in [3.63, 3.8) is 0 Å². The van der Waals surface area contributed by atoms with Crippen LogP contribution in [0.3, 0.4) is 0 Å². The van der Waals surface area contributed by atoms with Gasteiger partial charge in [-0.1, -0.05) is 42.5 Å². The van der Waals surface area contributed by atoms with Crippen LogP contribution >= 0.6 is 0 Å². The summed E-state index contributed by atoms with van der Waals surface area (Å²) in [5.74, 6) is 1.37. The van der Waals surface area contributed by atoms with Crippen molar-refractivity contribution in [2.75, 3.05) is 6.61 Å². The summed E-state index contributed by atoms with van der Waals surface area (Å²) in [4.78, 5) is 0. The Labute approximate surface area is 126 Å². The van der Waals surface area contributed by atoms with Crippen molar-refractivity contribution in [3.05, 3.63) is 65.7 Å². The molecule has 0 saturated heterocycles. The molecule has 0 unspecified atom stereocenters. The van der Waals surface area contributed by atoms with Crippen LogP contribution in [0.1, 0.15) is 36.8 Å². The van der Waals surface area contributed by atoms with Gasteiger partial charge in [0.15, 0.2) is 0 Å². The topological polar surface area (TPSA) is 33.0 Å². The highest BCUT2D eigenvalue weighted by Crippen LogP contribution is 2.52. The third kappa shape index (κ3) is 2.52. The maximum absolute atomic E-state index is 9.65. The van der Waals surface area contributed by atoms with Crippen LogP contribution in [0.2, 0.25) is 0 Å². The Hall–Kier alpha value is -2.27. The van der Waals surface area contributed by atoms with Gasteiger partial charge in [-0.3, -0.25) is 0 Å². The molecule has 0 spiro atoms. The lowest BCUT2D eigenvalue weighted by Gasteiger charge is -2.43. The summed E-state index contributed by atoms with van der Waals surface area (Å²) in [5, 5.41) is 9.65. The van der Waals surface area contributed by atoms with Crippen molar-refractivity contribution in [1.82, 2.24) is 0 Å². The van der Waals surface area contributed by atoms with Crippen LogP contribution in [0.5, 0.6) is 5.75 Å². The molecule has 0 amide bonds. The number of benzene rings is 2. The molecule has 1 fully saturated rings. The largest absolute Gasteiger partial charge is 0.494 e. The lowest BCUT2D eigenvalue weighted by Crippen LogP contribution is -2.38. The molecule has 0 radical (unpaired) electrons. The minimum Gasteiger partial charge on any atom is -0.494 e. The SMILES string of the molecule is CCOc1ccc(C2(C#N)CC(c3ccccc3)C2)cc1. The predicted octanol–water partition coefficient (Wildman–Crippen LogP) is 4.42. The van der Waals surface area contributed by atoms with Crippen molar-refractivity contribution in [2.45, 2.75) is 31.1 Å². The second kappa shape index (κ2) is 5.61. The van der Waals surface area contributed by atoms with Crippen molar-refractivity contribution in [2.24, 2.45) is 0 Å². The molecule has 2 aromatic carbocycles. The summed E-state index contributed by atoms with van der Waals surface area (Å²) in [6.07, 6.45) is 1.81. The first-order valence-electron chi connectivity index (χ1n) is 7.47. The normalized spacial score (nSPS) is 23.9. The Bertz CT molecular complexity index is 634. The molecule has 3 rings (SSSR count). The Kier molecular flexibility index (Phi) is 3.66. The van der Waals surface area contributed by atoms with E-state index in [4.69, 9.17) is 4.74 Å². The third-order valence-electron chi connectivity index (χ3n) is 4.39. The fourth-order valence-electron chi connectivity index (χ4n) is 3.17. The molecule has 1 saturated carbocycles. The lowest BCUT2D eigenvalue weighted by molar-refractivity contribution is 0.269. The molecule has 2 nitrogen and oxygen atoms in total. The van der Waals surface area contributed by atoms with E-state index in [9.17, 15) is 5.26 Å². The molecule has 0 aliphatic heterocycles. The lowest BCUT2D eigenvalue weighted by atomic mass is 9.58. The van der Waals surface area contributed by atoms with Crippen LogP contribution in [-0.4, -0.2) is 6.61 Å². The first-order chi connectivity index (χ1) is 10.3. The first kappa shape index (κ1) is 13.7. The first-order valence-corrected chi connectivity index (χ1v) is 7.47. The van der Waals surface area contributed by atoms with Crippen molar-refractivity contribution in [1.29, 1.82) is 5.26 Å². The monoisotopic (exact) mass is 277 g/mol. The highest BCUT2D eigenvalue weighted by molar-refractivity contribution is 5.42. The number of nitriles is 1. The van der Waals surface area contributed by atoms with Crippen molar-refractivity contribution in [3.8, 4) is 11.8 Å². The van der Waals surface area contributed by atoms with Gasteiger partial charge >= 0.3 is 0 Å². The summed E-state index contributed by atoms with van der Waals surface area (Å²) in [5.41, 5.74) is 2.13. The minimum atomic E-state index is -0.328. The molecule has 106 valence electrons. The second-order valence-corrected chi connectivity index (χ2v) is 5.67. The Morgan fingerprint density at radius 2 is 1.76 bits per heavy atom. The van der Waals surface area contributed by atoms with Gasteiger partial charge in [0.1, 0.15) is 5.75 Å². The molecule has 0 N–H and O–H groups in total. The van der Waals surface area contributed by atoms with Gasteiger partial charge in [0.2, 0.25) is 0 Å². The Morgan fingerprint density at radius 3 is 2.33 bits per heavy atom. The number of rotatable bonds is 4. The summed E-state index contributed by atoms with van der Waals surface area (Å²) in [6, 6.07) is 21.0. The van der Waals surface area contributed by atoms with Gasteiger partial charge in [0, 0.05) is 0 Å². The second-order valence-electron chi connectivity index (χ2n) is 5.67. The third-order valence-corrected chi connectivity index (χ3v) is 4.39. The smallest absolute Gasteiger partial charge is 0.119 e. The highest BCUT2D eigenvalue weighted by atomic mass is 16.5. The molecule has 2 heteroatoms. The molecule has 0 bridgehead atoms. The van der Waals surface area contributed by atoms with E-state index < -0.39 is 0 Å². The van der Waals surface area contributed by atoms with E-state index in [1.54, 1.807) is 0 Å². The van der Waals surface area contributed by atoms with Gasteiger partial charge in [-0.2, -0.15) is 5.26 Å². The van der Waals surface area contributed by atoms with Gasteiger partial charge < -0.3 is 4.74 Å². The zero-order valence-electron chi connectivity index (χ0n) is 12.3. The highest BCUT2D eigenvalue weighted by Gasteiger charge is 2.46. The van der Waals surface area contributed by atoms with Crippen LogP contribution in [-0.2, 0) is 5.41 Å². The molecule has 21 heavy (non-hydrogen) atoms. The molecule has 0 heterocycles. The van der Waals surface area contributed by atoms with Gasteiger partial charge in [-0.25, -0.2) is 0 Å². The van der Waals surface area contributed by atoms with Crippen molar-refractivity contribution < 1.29 is 4.74 Å². The average molecular weight is 277 g/mol. The molecule has 2 aromatic rings. The van der Waals surface area contributed by atoms with Gasteiger partial charge in [0.05, 0.1) is 18.1 Å². The Morgan fingerprint density at radius 1 is 1.10 bits per heavy atom. The van der Waals surface area contributed by atoms with E-state index in [2.05, 4.69) is 30.3 Å². The fourth-order valence-corrected chi connectivity index (χ4v) is 3.17. The maximum Gasteiger partial charge on any atom is 0.119 e.